The van der Waals surface area contributed by atoms with Crippen LogP contribution in [0.2, 0.25) is 0 Å². The van der Waals surface area contributed by atoms with Gasteiger partial charge in [0.25, 0.3) is 0 Å². The third-order valence-electron chi connectivity index (χ3n) is 3.05. The maximum atomic E-state index is 12.5. The van der Waals surface area contributed by atoms with Gasteiger partial charge in [-0.15, -0.1) is 11.3 Å². The molecule has 1 aliphatic carbocycles. The van der Waals surface area contributed by atoms with Gasteiger partial charge in [-0.25, -0.2) is 4.79 Å². The summed E-state index contributed by atoms with van der Waals surface area (Å²) in [6.45, 7) is 0. The molecule has 0 saturated heterocycles. The molecule has 1 aromatic heterocycles. The van der Waals surface area contributed by atoms with E-state index in [0.717, 1.165) is 11.3 Å². The van der Waals surface area contributed by atoms with Gasteiger partial charge in [-0.05, 0) is 12.1 Å². The quantitative estimate of drug-likeness (QED) is 0.632. The van der Waals surface area contributed by atoms with E-state index in [4.69, 9.17) is 0 Å². The van der Waals surface area contributed by atoms with E-state index in [-0.39, 0.29) is 26.9 Å². The van der Waals surface area contributed by atoms with Crippen LogP contribution in [0.5, 0.6) is 0 Å². The highest BCUT2D eigenvalue weighted by molar-refractivity contribution is 9.10. The third-order valence-corrected chi connectivity index (χ3v) is 4.83. The van der Waals surface area contributed by atoms with E-state index in [1.165, 1.54) is 13.2 Å². The zero-order valence-corrected chi connectivity index (χ0v) is 12.6. The van der Waals surface area contributed by atoms with Crippen LogP contribution in [-0.4, -0.2) is 24.6 Å². The number of methoxy groups -OCH3 is 1. The Hall–Kier alpha value is -1.79. The van der Waals surface area contributed by atoms with E-state index >= 15 is 0 Å². The lowest BCUT2D eigenvalue weighted by molar-refractivity contribution is 0.0606. The summed E-state index contributed by atoms with van der Waals surface area (Å²) in [4.78, 5) is 37.0. The van der Waals surface area contributed by atoms with E-state index < -0.39 is 5.97 Å². The van der Waals surface area contributed by atoms with Crippen LogP contribution in [0.15, 0.2) is 28.7 Å². The number of ether oxygens (including phenoxy) is 1. The van der Waals surface area contributed by atoms with Gasteiger partial charge in [0.2, 0.25) is 5.78 Å². The molecule has 0 bridgehead atoms. The maximum Gasteiger partial charge on any atom is 0.348 e. The molecule has 1 heterocycles. The summed E-state index contributed by atoms with van der Waals surface area (Å²) in [5.41, 5.74) is 0.973. The Morgan fingerprint density at radius 2 is 1.95 bits per heavy atom. The Bertz CT molecular complexity index is 775. The van der Waals surface area contributed by atoms with E-state index in [1.807, 2.05) is 0 Å². The SMILES string of the molecule is COC(=O)c1cc2c(s1)C(=O)c1c(Br)cccc1C2=O. The second-order valence-corrected chi connectivity index (χ2v) is 6.07. The topological polar surface area (TPSA) is 60.4 Å². The molecule has 2 aromatic rings. The molecule has 1 aliphatic rings. The highest BCUT2D eigenvalue weighted by Gasteiger charge is 2.34. The number of fused-ring (bicyclic) bond motifs is 2. The molecule has 100 valence electrons. The first-order valence-electron chi connectivity index (χ1n) is 5.64. The number of carbonyl (C=O) groups excluding carboxylic acids is 3. The summed E-state index contributed by atoms with van der Waals surface area (Å²) in [5.74, 6) is -1.04. The van der Waals surface area contributed by atoms with Crippen LogP contribution in [0, 0.1) is 0 Å². The molecule has 1 aromatic carbocycles. The lowest BCUT2D eigenvalue weighted by Crippen LogP contribution is -2.19. The Balaban J connectivity index is 2.24. The molecule has 6 heteroatoms. The predicted octanol–water partition coefficient (Wildman–Crippen LogP) is 3.07. The van der Waals surface area contributed by atoms with Crippen LogP contribution >= 0.6 is 27.3 Å². The zero-order valence-electron chi connectivity index (χ0n) is 10.2. The van der Waals surface area contributed by atoms with Gasteiger partial charge in [0, 0.05) is 21.2 Å². The van der Waals surface area contributed by atoms with Gasteiger partial charge >= 0.3 is 5.97 Å². The van der Waals surface area contributed by atoms with Gasteiger partial charge in [-0.2, -0.15) is 0 Å². The summed E-state index contributed by atoms with van der Waals surface area (Å²) in [6.07, 6.45) is 0. The van der Waals surface area contributed by atoms with Crippen molar-refractivity contribution in [1.29, 1.82) is 0 Å². The molecule has 4 nitrogen and oxygen atoms in total. The molecule has 0 N–H and O–H groups in total. The lowest BCUT2D eigenvalue weighted by Gasteiger charge is -2.14. The fourth-order valence-corrected chi connectivity index (χ4v) is 3.70. The zero-order chi connectivity index (χ0) is 14.4. The van der Waals surface area contributed by atoms with Crippen molar-refractivity contribution in [2.45, 2.75) is 0 Å². The third kappa shape index (κ3) is 1.76. The van der Waals surface area contributed by atoms with Gasteiger partial charge in [-0.3, -0.25) is 9.59 Å². The highest BCUT2D eigenvalue weighted by atomic mass is 79.9. The molecular weight excluding hydrogens is 344 g/mol. The first-order chi connectivity index (χ1) is 9.54. The average molecular weight is 351 g/mol. The van der Waals surface area contributed by atoms with Crippen molar-refractivity contribution in [1.82, 2.24) is 0 Å². The fraction of sp³-hybridized carbons (Fsp3) is 0.0714. The maximum absolute atomic E-state index is 12.5. The summed E-state index contributed by atoms with van der Waals surface area (Å²) in [7, 11) is 1.26. The number of thiophene rings is 1. The lowest BCUT2D eigenvalue weighted by atomic mass is 9.89. The summed E-state index contributed by atoms with van der Waals surface area (Å²) < 4.78 is 5.20. The molecule has 0 fully saturated rings. The molecule has 0 unspecified atom stereocenters. The van der Waals surface area contributed by atoms with Crippen LogP contribution in [0.4, 0.5) is 0 Å². The number of halogens is 1. The van der Waals surface area contributed by atoms with E-state index in [0.29, 0.717) is 15.6 Å². The molecule has 0 aliphatic heterocycles. The Kier molecular flexibility index (Phi) is 3.07. The second kappa shape index (κ2) is 4.64. The molecule has 3 rings (SSSR count). The number of rotatable bonds is 1. The smallest absolute Gasteiger partial charge is 0.348 e. The Morgan fingerprint density at radius 3 is 2.65 bits per heavy atom. The first kappa shape index (κ1) is 13.2. The highest BCUT2D eigenvalue weighted by Crippen LogP contribution is 2.36. The number of carbonyl (C=O) groups is 3. The van der Waals surface area contributed by atoms with Gasteiger partial charge in [0.05, 0.1) is 12.0 Å². The van der Waals surface area contributed by atoms with Crippen molar-refractivity contribution in [3.05, 3.63) is 55.2 Å². The first-order valence-corrected chi connectivity index (χ1v) is 7.25. The fourth-order valence-electron chi connectivity index (χ4n) is 2.13. The molecule has 0 spiro atoms. The monoisotopic (exact) mass is 350 g/mol. The molecule has 20 heavy (non-hydrogen) atoms. The van der Waals surface area contributed by atoms with Crippen molar-refractivity contribution in [2.75, 3.05) is 7.11 Å². The number of hydrogen-bond acceptors (Lipinski definition) is 5. The summed E-state index contributed by atoms with van der Waals surface area (Å²) >= 11 is 4.28. The average Bonchev–Trinajstić information content (AvgIpc) is 2.89. The minimum absolute atomic E-state index is 0.248. The van der Waals surface area contributed by atoms with Crippen LogP contribution in [0.25, 0.3) is 0 Å². The van der Waals surface area contributed by atoms with E-state index in [2.05, 4.69) is 20.7 Å². The second-order valence-electron chi connectivity index (χ2n) is 4.17. The number of hydrogen-bond donors (Lipinski definition) is 0. The Morgan fingerprint density at radius 1 is 1.20 bits per heavy atom. The summed E-state index contributed by atoms with van der Waals surface area (Å²) in [5, 5.41) is 0. The molecule has 0 amide bonds. The van der Waals surface area contributed by atoms with Crippen LogP contribution in [0.3, 0.4) is 0 Å². The number of benzene rings is 1. The minimum atomic E-state index is -0.548. The standard InChI is InChI=1S/C14H7BrO4S/c1-19-14(18)9-5-7-11(16)6-3-2-4-8(15)10(6)12(17)13(7)20-9/h2-5H,1H3. The molecule has 0 saturated carbocycles. The van der Waals surface area contributed by atoms with Crippen molar-refractivity contribution >= 4 is 44.8 Å². The Labute approximate surface area is 126 Å². The van der Waals surface area contributed by atoms with Crippen molar-refractivity contribution in [2.24, 2.45) is 0 Å². The predicted molar refractivity (Wildman–Crippen MR) is 76.7 cm³/mol. The minimum Gasteiger partial charge on any atom is -0.465 e. The van der Waals surface area contributed by atoms with Gasteiger partial charge in [0.1, 0.15) is 4.88 Å². The van der Waals surface area contributed by atoms with Crippen LogP contribution < -0.4 is 0 Å². The summed E-state index contributed by atoms with van der Waals surface area (Å²) in [6, 6.07) is 6.45. The number of esters is 1. The van der Waals surface area contributed by atoms with Gasteiger partial charge in [0.15, 0.2) is 5.78 Å². The van der Waals surface area contributed by atoms with E-state index in [1.54, 1.807) is 18.2 Å². The van der Waals surface area contributed by atoms with Gasteiger partial charge < -0.3 is 4.74 Å². The largest absolute Gasteiger partial charge is 0.465 e. The molecule has 0 atom stereocenters. The van der Waals surface area contributed by atoms with Crippen molar-refractivity contribution in [3.63, 3.8) is 0 Å². The van der Waals surface area contributed by atoms with Gasteiger partial charge in [-0.1, -0.05) is 28.1 Å². The molecule has 0 radical (unpaired) electrons. The van der Waals surface area contributed by atoms with Crippen molar-refractivity contribution < 1.29 is 19.1 Å². The van der Waals surface area contributed by atoms with E-state index in [9.17, 15) is 14.4 Å². The number of ketones is 2. The van der Waals surface area contributed by atoms with Crippen molar-refractivity contribution in [3.8, 4) is 0 Å². The van der Waals surface area contributed by atoms with Crippen LogP contribution in [0.1, 0.15) is 40.8 Å². The molecular formula is C14H7BrO4S. The normalized spacial score (nSPS) is 12.9. The van der Waals surface area contributed by atoms with Crippen LogP contribution in [-0.2, 0) is 4.74 Å².